The van der Waals surface area contributed by atoms with Crippen molar-refractivity contribution in [3.63, 3.8) is 0 Å². The molecule has 0 fully saturated rings. The third-order valence-electron chi connectivity index (χ3n) is 8.16. The fraction of sp³-hybridized carbons (Fsp3) is 0.971. The molecule has 0 N–H and O–H groups in total. The van der Waals surface area contributed by atoms with Crippen LogP contribution >= 0.6 is 0 Å². The van der Waals surface area contributed by atoms with Crippen LogP contribution in [-0.2, 0) is 0 Å². The van der Waals surface area contributed by atoms with Crippen molar-refractivity contribution in [2.24, 2.45) is 5.92 Å². The molecule has 0 rings (SSSR count). The minimum Gasteiger partial charge on any atom is -0.0654 e. The second kappa shape index (κ2) is 31.0. The Labute approximate surface area is 219 Å². The monoisotopic (exact) mass is 478 g/mol. The molecule has 0 amide bonds. The largest absolute Gasteiger partial charge is 0.0654 e. The molecule has 0 nitrogen and oxygen atoms in total. The highest BCUT2D eigenvalue weighted by atomic mass is 14.1. The van der Waals surface area contributed by atoms with Gasteiger partial charge in [-0.2, -0.15) is 0 Å². The van der Waals surface area contributed by atoms with E-state index in [0.717, 1.165) is 12.3 Å². The van der Waals surface area contributed by atoms with Gasteiger partial charge in [0.25, 0.3) is 0 Å². The Hall–Kier alpha value is 0. The lowest BCUT2D eigenvalue weighted by Gasteiger charge is -2.13. The fourth-order valence-electron chi connectivity index (χ4n) is 5.56. The molecule has 0 aliphatic heterocycles. The third-order valence-corrected chi connectivity index (χ3v) is 8.16. The van der Waals surface area contributed by atoms with E-state index in [1.807, 2.05) is 0 Å². The summed E-state index contributed by atoms with van der Waals surface area (Å²) in [5.41, 5.74) is 0. The number of hydrogen-bond donors (Lipinski definition) is 0. The molecule has 0 saturated carbocycles. The molecule has 0 saturated heterocycles. The van der Waals surface area contributed by atoms with Crippen molar-refractivity contribution in [2.45, 2.75) is 206 Å². The van der Waals surface area contributed by atoms with E-state index in [9.17, 15) is 0 Å². The number of unbranched alkanes of at least 4 members (excludes halogenated alkanes) is 25. The molecule has 1 unspecified atom stereocenters. The summed E-state index contributed by atoms with van der Waals surface area (Å²) in [5, 5.41) is 0. The van der Waals surface area contributed by atoms with Crippen molar-refractivity contribution in [2.75, 3.05) is 0 Å². The molecule has 0 aromatic rings. The summed E-state index contributed by atoms with van der Waals surface area (Å²) in [6.45, 7) is 8.66. The van der Waals surface area contributed by atoms with Crippen molar-refractivity contribution in [3.8, 4) is 0 Å². The van der Waals surface area contributed by atoms with Crippen molar-refractivity contribution in [3.05, 3.63) is 6.92 Å². The summed E-state index contributed by atoms with van der Waals surface area (Å²) >= 11 is 0. The van der Waals surface area contributed by atoms with E-state index in [4.69, 9.17) is 0 Å². The molecule has 0 heteroatoms. The van der Waals surface area contributed by atoms with Crippen LogP contribution in [0.25, 0.3) is 0 Å². The van der Waals surface area contributed by atoms with Gasteiger partial charge in [0.15, 0.2) is 0 Å². The van der Waals surface area contributed by atoms with E-state index in [1.165, 1.54) is 186 Å². The average Bonchev–Trinajstić information content (AvgIpc) is 2.85. The van der Waals surface area contributed by atoms with E-state index < -0.39 is 0 Å². The third kappa shape index (κ3) is 28.2. The zero-order valence-corrected chi connectivity index (χ0v) is 24.5. The van der Waals surface area contributed by atoms with Crippen LogP contribution in [0.1, 0.15) is 206 Å². The van der Waals surface area contributed by atoms with Gasteiger partial charge in [-0.3, -0.25) is 0 Å². The highest BCUT2D eigenvalue weighted by molar-refractivity contribution is 4.59. The van der Waals surface area contributed by atoms with Crippen LogP contribution in [0.2, 0.25) is 0 Å². The molecule has 0 aliphatic rings. The van der Waals surface area contributed by atoms with Crippen LogP contribution in [-0.4, -0.2) is 0 Å². The lowest BCUT2D eigenvalue weighted by atomic mass is 9.93. The lowest BCUT2D eigenvalue weighted by Crippen LogP contribution is -1.98. The topological polar surface area (TPSA) is 0 Å². The lowest BCUT2D eigenvalue weighted by molar-refractivity contribution is 0.402. The predicted molar refractivity (Wildman–Crippen MR) is 159 cm³/mol. The SMILES string of the molecule is [CH2]CCCC(CC)CCCCCCCCCCCCCCCCCCCCCCCCCCC. The molecule has 205 valence electrons. The minimum absolute atomic E-state index is 0.978. The van der Waals surface area contributed by atoms with Gasteiger partial charge in [-0.05, 0) is 5.92 Å². The molecule has 0 aromatic heterocycles. The number of hydrogen-bond acceptors (Lipinski definition) is 0. The highest BCUT2D eigenvalue weighted by Crippen LogP contribution is 2.21. The summed E-state index contributed by atoms with van der Waals surface area (Å²) in [6.07, 6.45) is 43.7. The van der Waals surface area contributed by atoms with Gasteiger partial charge in [-0.25, -0.2) is 0 Å². The van der Waals surface area contributed by atoms with Crippen molar-refractivity contribution >= 4 is 0 Å². The summed E-state index contributed by atoms with van der Waals surface area (Å²) in [5.74, 6) is 0.978. The molecule has 0 bridgehead atoms. The van der Waals surface area contributed by atoms with Crippen LogP contribution in [0.15, 0.2) is 0 Å². The zero-order valence-electron chi connectivity index (χ0n) is 24.5. The molecule has 1 atom stereocenters. The van der Waals surface area contributed by atoms with E-state index in [1.54, 1.807) is 0 Å². The maximum atomic E-state index is 3.99. The Balaban J connectivity index is 3.09. The quantitative estimate of drug-likeness (QED) is 0.0902. The maximum Gasteiger partial charge on any atom is -0.0417 e. The van der Waals surface area contributed by atoms with Gasteiger partial charge >= 0.3 is 0 Å². The van der Waals surface area contributed by atoms with E-state index in [-0.39, 0.29) is 0 Å². The molecule has 1 radical (unpaired) electrons. The second-order valence-corrected chi connectivity index (χ2v) is 11.5. The smallest absolute Gasteiger partial charge is 0.0417 e. The molecule has 0 aliphatic carbocycles. The first-order chi connectivity index (χ1) is 16.8. The fourth-order valence-corrected chi connectivity index (χ4v) is 5.56. The van der Waals surface area contributed by atoms with Gasteiger partial charge in [0.2, 0.25) is 0 Å². The molecular weight excluding hydrogens is 408 g/mol. The van der Waals surface area contributed by atoms with E-state index in [0.29, 0.717) is 0 Å². The van der Waals surface area contributed by atoms with Gasteiger partial charge in [0.1, 0.15) is 0 Å². The highest BCUT2D eigenvalue weighted by Gasteiger charge is 2.05. The Morgan fingerprint density at radius 2 is 0.618 bits per heavy atom. The van der Waals surface area contributed by atoms with Gasteiger partial charge in [-0.15, -0.1) is 0 Å². The Morgan fingerprint density at radius 3 is 0.882 bits per heavy atom. The second-order valence-electron chi connectivity index (χ2n) is 11.5. The van der Waals surface area contributed by atoms with Crippen LogP contribution in [0.4, 0.5) is 0 Å². The van der Waals surface area contributed by atoms with Gasteiger partial charge in [0, 0.05) is 0 Å². The van der Waals surface area contributed by atoms with E-state index >= 15 is 0 Å². The Bertz CT molecular complexity index is 333. The first-order valence-corrected chi connectivity index (χ1v) is 16.6. The molecular formula is C34H69. The zero-order chi connectivity index (χ0) is 24.8. The Kier molecular flexibility index (Phi) is 31.0. The summed E-state index contributed by atoms with van der Waals surface area (Å²) < 4.78 is 0. The Morgan fingerprint density at radius 1 is 0.353 bits per heavy atom. The summed E-state index contributed by atoms with van der Waals surface area (Å²) in [4.78, 5) is 0. The average molecular weight is 478 g/mol. The first kappa shape index (κ1) is 34.0. The predicted octanol–water partition coefficient (Wildman–Crippen LogP) is 13.2. The van der Waals surface area contributed by atoms with Crippen LogP contribution in [0.3, 0.4) is 0 Å². The van der Waals surface area contributed by atoms with Crippen molar-refractivity contribution in [1.29, 1.82) is 0 Å². The maximum absolute atomic E-state index is 3.99. The minimum atomic E-state index is 0.978. The molecule has 0 spiro atoms. The number of rotatable bonds is 30. The van der Waals surface area contributed by atoms with Gasteiger partial charge in [-0.1, -0.05) is 213 Å². The van der Waals surface area contributed by atoms with Crippen LogP contribution < -0.4 is 0 Å². The summed E-state index contributed by atoms with van der Waals surface area (Å²) in [7, 11) is 0. The van der Waals surface area contributed by atoms with Crippen LogP contribution in [0.5, 0.6) is 0 Å². The molecule has 0 aromatic carbocycles. The van der Waals surface area contributed by atoms with Crippen molar-refractivity contribution < 1.29 is 0 Å². The normalized spacial score (nSPS) is 12.4. The van der Waals surface area contributed by atoms with E-state index in [2.05, 4.69) is 20.8 Å². The molecule has 0 heterocycles. The summed E-state index contributed by atoms with van der Waals surface area (Å²) in [6, 6.07) is 0. The standard InChI is InChI=1S/C34H69/c1-4-7-9-10-11-12-13-14-15-16-17-18-19-20-21-22-23-24-25-26-27-28-29-30-31-33-34(6-3)32-8-5-2/h34H,2,4-33H2,1,3H3. The van der Waals surface area contributed by atoms with Crippen LogP contribution in [0, 0.1) is 12.8 Å². The molecule has 34 heavy (non-hydrogen) atoms. The van der Waals surface area contributed by atoms with Crippen molar-refractivity contribution in [1.82, 2.24) is 0 Å². The van der Waals surface area contributed by atoms with Gasteiger partial charge < -0.3 is 0 Å². The first-order valence-electron chi connectivity index (χ1n) is 16.6. The van der Waals surface area contributed by atoms with Gasteiger partial charge in [0.05, 0.1) is 0 Å².